The summed E-state index contributed by atoms with van der Waals surface area (Å²) in [4.78, 5) is 14.5. The third-order valence-corrected chi connectivity index (χ3v) is 1.75. The maximum absolute atomic E-state index is 13.2. The van der Waals surface area contributed by atoms with Crippen LogP contribution in [-0.4, -0.2) is 17.6 Å². The van der Waals surface area contributed by atoms with Crippen LogP contribution in [0.25, 0.3) is 0 Å². The molecule has 0 saturated carbocycles. The second-order valence-electron chi connectivity index (χ2n) is 2.72. The molecule has 1 heterocycles. The highest BCUT2D eigenvalue weighted by atomic mass is 19.1. The third-order valence-electron chi connectivity index (χ3n) is 1.75. The molecule has 1 aromatic rings. The smallest absolute Gasteiger partial charge is 0.310 e. The average molecular weight is 208 g/mol. The van der Waals surface area contributed by atoms with E-state index in [0.717, 1.165) is 0 Å². The molecule has 78 valence electrons. The fraction of sp³-hybridized carbons (Fsp3) is 0.300. The van der Waals surface area contributed by atoms with Crippen LogP contribution < -0.4 is 0 Å². The van der Waals surface area contributed by atoms with Crippen molar-refractivity contribution in [3.05, 3.63) is 29.3 Å². The van der Waals surface area contributed by atoms with Crippen molar-refractivity contribution in [2.24, 2.45) is 0 Å². The summed E-state index contributed by atoms with van der Waals surface area (Å²) >= 11 is 0. The van der Waals surface area contributed by atoms with Crippen LogP contribution in [0.5, 0.6) is 0 Å². The molecule has 0 N–H and O–H groups in total. The Morgan fingerprint density at radius 3 is 3.07 bits per heavy atom. The number of carbonyl (C=O) groups excluding carboxylic acids is 1. The molecule has 0 amide bonds. The van der Waals surface area contributed by atoms with Crippen LogP contribution in [-0.2, 0) is 16.0 Å². The molecule has 15 heavy (non-hydrogen) atoms. The normalized spacial score (nSPS) is 9.40. The molecule has 0 atom stereocenters. The molecule has 0 unspecified atom stereocenters. The van der Waals surface area contributed by atoms with Crippen LogP contribution in [0.3, 0.4) is 0 Å². The van der Waals surface area contributed by atoms with E-state index in [1.165, 1.54) is 12.3 Å². The Labute approximate surface area is 86.3 Å². The van der Waals surface area contributed by atoms with E-state index in [1.54, 1.807) is 13.0 Å². The quantitative estimate of drug-likeness (QED) is 0.553. The minimum absolute atomic E-state index is 0.0153. The zero-order chi connectivity index (χ0) is 11.3. The van der Waals surface area contributed by atoms with E-state index < -0.39 is 11.9 Å². The first-order chi connectivity index (χ1) is 7.19. The molecular weight excluding hydrogens is 199 g/mol. The summed E-state index contributed by atoms with van der Waals surface area (Å²) in [6.07, 6.45) is 0.916. The van der Waals surface area contributed by atoms with E-state index in [-0.39, 0.29) is 24.2 Å². The van der Waals surface area contributed by atoms with Crippen molar-refractivity contribution in [1.82, 2.24) is 4.98 Å². The number of aromatic nitrogens is 1. The molecule has 4 nitrogen and oxygen atoms in total. The van der Waals surface area contributed by atoms with Crippen molar-refractivity contribution in [3.63, 3.8) is 0 Å². The van der Waals surface area contributed by atoms with Crippen LogP contribution in [0.1, 0.15) is 18.1 Å². The highest BCUT2D eigenvalue weighted by Crippen LogP contribution is 2.11. The summed E-state index contributed by atoms with van der Waals surface area (Å²) in [6, 6.07) is 3.15. The van der Waals surface area contributed by atoms with Crippen LogP contribution in [0.4, 0.5) is 4.39 Å². The van der Waals surface area contributed by atoms with Gasteiger partial charge in [0.1, 0.15) is 0 Å². The predicted molar refractivity (Wildman–Crippen MR) is 49.2 cm³/mol. The Bertz CT molecular complexity index is 412. The van der Waals surface area contributed by atoms with Crippen LogP contribution in [0, 0.1) is 17.3 Å². The van der Waals surface area contributed by atoms with Gasteiger partial charge in [0, 0.05) is 11.8 Å². The van der Waals surface area contributed by atoms with E-state index in [0.29, 0.717) is 0 Å². The molecule has 1 rings (SSSR count). The molecule has 0 bridgehead atoms. The van der Waals surface area contributed by atoms with Crippen LogP contribution in [0.2, 0.25) is 0 Å². The lowest BCUT2D eigenvalue weighted by Gasteiger charge is -2.04. The van der Waals surface area contributed by atoms with E-state index in [9.17, 15) is 9.18 Å². The van der Waals surface area contributed by atoms with Gasteiger partial charge in [0.15, 0.2) is 0 Å². The monoisotopic (exact) mass is 208 g/mol. The number of halogens is 1. The Morgan fingerprint density at radius 2 is 2.47 bits per heavy atom. The third kappa shape index (κ3) is 2.74. The zero-order valence-corrected chi connectivity index (χ0v) is 8.16. The number of pyridine rings is 1. The lowest BCUT2D eigenvalue weighted by Crippen LogP contribution is -2.11. The number of hydrogen-bond acceptors (Lipinski definition) is 4. The van der Waals surface area contributed by atoms with Gasteiger partial charge < -0.3 is 4.74 Å². The van der Waals surface area contributed by atoms with Crippen LogP contribution in [0.15, 0.2) is 12.3 Å². The molecule has 0 aliphatic rings. The van der Waals surface area contributed by atoms with Crippen molar-refractivity contribution in [3.8, 4) is 6.07 Å². The number of nitrogens with zero attached hydrogens (tertiary/aromatic N) is 2. The summed E-state index contributed by atoms with van der Waals surface area (Å²) in [5.41, 5.74) is 0.0917. The van der Waals surface area contributed by atoms with Gasteiger partial charge in [-0.25, -0.2) is 4.98 Å². The second kappa shape index (κ2) is 5.05. The van der Waals surface area contributed by atoms with Gasteiger partial charge in [0.25, 0.3) is 0 Å². The SMILES string of the molecule is CCOC(=O)Cc1c(C#N)ccnc1F. The van der Waals surface area contributed by atoms with Crippen molar-refractivity contribution in [2.45, 2.75) is 13.3 Å². The molecule has 1 aromatic heterocycles. The zero-order valence-electron chi connectivity index (χ0n) is 8.16. The number of carbonyl (C=O) groups is 1. The minimum Gasteiger partial charge on any atom is -0.466 e. The molecule has 0 fully saturated rings. The number of nitriles is 1. The summed E-state index contributed by atoms with van der Waals surface area (Å²) in [6.45, 7) is 1.88. The van der Waals surface area contributed by atoms with Gasteiger partial charge in [-0.3, -0.25) is 4.79 Å². The fourth-order valence-corrected chi connectivity index (χ4v) is 1.10. The molecule has 0 aliphatic heterocycles. The van der Waals surface area contributed by atoms with Gasteiger partial charge in [-0.05, 0) is 13.0 Å². The number of esters is 1. The fourth-order valence-electron chi connectivity index (χ4n) is 1.10. The lowest BCUT2D eigenvalue weighted by molar-refractivity contribution is -0.142. The van der Waals surface area contributed by atoms with Gasteiger partial charge in [-0.15, -0.1) is 0 Å². The Morgan fingerprint density at radius 1 is 1.73 bits per heavy atom. The van der Waals surface area contributed by atoms with E-state index >= 15 is 0 Å². The number of rotatable bonds is 3. The van der Waals surface area contributed by atoms with Crippen molar-refractivity contribution < 1.29 is 13.9 Å². The molecule has 0 spiro atoms. The highest BCUT2D eigenvalue weighted by Gasteiger charge is 2.14. The molecule has 0 radical (unpaired) electrons. The van der Waals surface area contributed by atoms with Crippen molar-refractivity contribution in [1.29, 1.82) is 5.26 Å². The van der Waals surface area contributed by atoms with Gasteiger partial charge in [-0.2, -0.15) is 9.65 Å². The predicted octanol–water partition coefficient (Wildman–Crippen LogP) is 1.20. The minimum atomic E-state index is -0.804. The second-order valence-corrected chi connectivity index (χ2v) is 2.72. The Kier molecular flexibility index (Phi) is 3.75. The van der Waals surface area contributed by atoms with E-state index in [2.05, 4.69) is 9.72 Å². The summed E-state index contributed by atoms with van der Waals surface area (Å²) in [5.74, 6) is -1.37. The first kappa shape index (κ1) is 11.1. The standard InChI is InChI=1S/C10H9FN2O2/c1-2-15-9(14)5-8-7(6-12)3-4-13-10(8)11/h3-4H,2,5H2,1H3. The largest absolute Gasteiger partial charge is 0.466 e. The molecule has 0 saturated heterocycles. The van der Waals surface area contributed by atoms with E-state index in [4.69, 9.17) is 5.26 Å². The maximum Gasteiger partial charge on any atom is 0.310 e. The Balaban J connectivity index is 2.94. The summed E-state index contributed by atoms with van der Waals surface area (Å²) < 4.78 is 17.8. The number of hydrogen-bond donors (Lipinski definition) is 0. The summed E-state index contributed by atoms with van der Waals surface area (Å²) in [7, 11) is 0. The Hall–Kier alpha value is -1.96. The summed E-state index contributed by atoms with van der Waals surface area (Å²) in [5, 5.41) is 8.69. The van der Waals surface area contributed by atoms with Gasteiger partial charge in [-0.1, -0.05) is 0 Å². The van der Waals surface area contributed by atoms with Gasteiger partial charge in [0.2, 0.25) is 5.95 Å². The number of ether oxygens (including phenoxy) is 1. The highest BCUT2D eigenvalue weighted by molar-refractivity contribution is 5.73. The van der Waals surface area contributed by atoms with E-state index in [1.807, 2.05) is 0 Å². The molecule has 0 aromatic carbocycles. The molecule has 0 aliphatic carbocycles. The van der Waals surface area contributed by atoms with Gasteiger partial charge >= 0.3 is 5.97 Å². The van der Waals surface area contributed by atoms with Gasteiger partial charge in [0.05, 0.1) is 24.7 Å². The maximum atomic E-state index is 13.2. The topological polar surface area (TPSA) is 63.0 Å². The van der Waals surface area contributed by atoms with Crippen molar-refractivity contribution in [2.75, 3.05) is 6.61 Å². The first-order valence-corrected chi connectivity index (χ1v) is 4.38. The van der Waals surface area contributed by atoms with Crippen LogP contribution >= 0.6 is 0 Å². The van der Waals surface area contributed by atoms with Crippen molar-refractivity contribution >= 4 is 5.97 Å². The molecular formula is C10H9FN2O2. The lowest BCUT2D eigenvalue weighted by atomic mass is 10.1. The first-order valence-electron chi connectivity index (χ1n) is 4.38. The average Bonchev–Trinajstić information content (AvgIpc) is 2.21. The molecule has 5 heteroatoms.